The van der Waals surface area contributed by atoms with Crippen LogP contribution in [-0.2, 0) is 0 Å². The number of hydrogen-bond acceptors (Lipinski definition) is 5. The number of carbonyl (C=O) groups is 1. The molecule has 0 saturated carbocycles. The van der Waals surface area contributed by atoms with E-state index in [1.54, 1.807) is 6.92 Å². The molecular weight excluding hydrogens is 328 g/mol. The van der Waals surface area contributed by atoms with Crippen molar-refractivity contribution in [2.75, 3.05) is 26.7 Å². The van der Waals surface area contributed by atoms with Crippen LogP contribution in [0.25, 0.3) is 0 Å². The molecule has 24 heavy (non-hydrogen) atoms. The molecule has 7 heteroatoms. The fraction of sp³-hybridized carbons (Fsp3) is 0.471. The average Bonchev–Trinajstić information content (AvgIpc) is 2.97. The van der Waals surface area contributed by atoms with Crippen molar-refractivity contribution in [3.63, 3.8) is 0 Å². The second-order valence-electron chi connectivity index (χ2n) is 6.34. The van der Waals surface area contributed by atoms with Gasteiger partial charge in [-0.1, -0.05) is 16.8 Å². The standard InChI is InChI=1S/C17H21ClN4O2/c1-10-8-14(18)11(2)7-13(10)17(23)22-6-5-21(4)15(9-22)16-19-12(3)20-24-16/h7-8,15H,5-6,9H2,1-4H3/t15-/m0/s1. The van der Waals surface area contributed by atoms with Crippen molar-refractivity contribution in [3.05, 3.63) is 45.6 Å². The third-order valence-corrected chi connectivity index (χ3v) is 4.91. The first-order chi connectivity index (χ1) is 11.4. The van der Waals surface area contributed by atoms with Gasteiger partial charge < -0.3 is 9.42 Å². The molecule has 0 N–H and O–H groups in total. The van der Waals surface area contributed by atoms with Crippen LogP contribution in [0.3, 0.4) is 0 Å². The van der Waals surface area contributed by atoms with Crippen molar-refractivity contribution < 1.29 is 9.32 Å². The Kier molecular flexibility index (Phi) is 4.60. The normalized spacial score (nSPS) is 18.9. The number of likely N-dealkylation sites (N-methyl/N-ethyl adjacent to an activating group) is 1. The summed E-state index contributed by atoms with van der Waals surface area (Å²) in [6.07, 6.45) is 0. The third kappa shape index (κ3) is 3.16. The highest BCUT2D eigenvalue weighted by Gasteiger charge is 2.32. The summed E-state index contributed by atoms with van der Waals surface area (Å²) in [7, 11) is 2.00. The molecule has 0 spiro atoms. The number of carbonyl (C=O) groups excluding carboxylic acids is 1. The van der Waals surface area contributed by atoms with Crippen molar-refractivity contribution in [1.82, 2.24) is 19.9 Å². The molecule has 1 amide bonds. The summed E-state index contributed by atoms with van der Waals surface area (Å²) in [5.41, 5.74) is 2.49. The number of benzene rings is 1. The van der Waals surface area contributed by atoms with Crippen LogP contribution in [0.2, 0.25) is 5.02 Å². The van der Waals surface area contributed by atoms with E-state index in [4.69, 9.17) is 16.1 Å². The first kappa shape index (κ1) is 16.9. The number of hydrogen-bond donors (Lipinski definition) is 0. The second-order valence-corrected chi connectivity index (χ2v) is 6.75. The maximum absolute atomic E-state index is 13.0. The van der Waals surface area contributed by atoms with E-state index in [1.165, 1.54) is 0 Å². The average molecular weight is 349 g/mol. The minimum absolute atomic E-state index is 0.0154. The molecule has 0 bridgehead atoms. The zero-order valence-electron chi connectivity index (χ0n) is 14.3. The molecule has 6 nitrogen and oxygen atoms in total. The number of rotatable bonds is 2. The van der Waals surface area contributed by atoms with Gasteiger partial charge in [0, 0.05) is 30.2 Å². The van der Waals surface area contributed by atoms with E-state index in [-0.39, 0.29) is 11.9 Å². The SMILES string of the molecule is Cc1noc([C@@H]2CN(C(=O)c3cc(C)c(Cl)cc3C)CCN2C)n1. The highest BCUT2D eigenvalue weighted by atomic mass is 35.5. The molecule has 0 radical (unpaired) electrons. The fourth-order valence-corrected chi connectivity index (χ4v) is 3.17. The second kappa shape index (κ2) is 6.53. The first-order valence-corrected chi connectivity index (χ1v) is 8.31. The van der Waals surface area contributed by atoms with Crippen LogP contribution < -0.4 is 0 Å². The lowest BCUT2D eigenvalue weighted by Crippen LogP contribution is -2.49. The zero-order valence-corrected chi connectivity index (χ0v) is 15.1. The molecule has 2 heterocycles. The summed E-state index contributed by atoms with van der Waals surface area (Å²) in [4.78, 5) is 21.3. The lowest BCUT2D eigenvalue weighted by molar-refractivity contribution is 0.0488. The monoisotopic (exact) mass is 348 g/mol. The topological polar surface area (TPSA) is 62.5 Å². The van der Waals surface area contributed by atoms with E-state index < -0.39 is 0 Å². The quantitative estimate of drug-likeness (QED) is 0.835. The number of nitrogens with zero attached hydrogens (tertiary/aromatic N) is 4. The Hall–Kier alpha value is -1.92. The van der Waals surface area contributed by atoms with Gasteiger partial charge in [-0.15, -0.1) is 0 Å². The Labute approximate surface area is 146 Å². The van der Waals surface area contributed by atoms with Gasteiger partial charge in [-0.2, -0.15) is 4.98 Å². The molecule has 1 aliphatic heterocycles. The van der Waals surface area contributed by atoms with Crippen molar-refractivity contribution in [2.24, 2.45) is 0 Å². The number of amides is 1. The number of piperazine rings is 1. The van der Waals surface area contributed by atoms with Gasteiger partial charge in [-0.05, 0) is 51.1 Å². The van der Waals surface area contributed by atoms with Crippen LogP contribution in [0, 0.1) is 20.8 Å². The highest BCUT2D eigenvalue weighted by Crippen LogP contribution is 2.26. The molecule has 0 unspecified atom stereocenters. The number of halogens is 1. The van der Waals surface area contributed by atoms with Crippen molar-refractivity contribution in [3.8, 4) is 0 Å². The van der Waals surface area contributed by atoms with E-state index in [2.05, 4.69) is 15.0 Å². The Morgan fingerprint density at radius 1 is 1.25 bits per heavy atom. The van der Waals surface area contributed by atoms with E-state index in [9.17, 15) is 4.79 Å². The fourth-order valence-electron chi connectivity index (χ4n) is 2.95. The Bertz CT molecular complexity index is 774. The molecule has 1 fully saturated rings. The Morgan fingerprint density at radius 3 is 2.67 bits per heavy atom. The highest BCUT2D eigenvalue weighted by molar-refractivity contribution is 6.31. The molecule has 1 aliphatic rings. The molecule has 0 aliphatic carbocycles. The minimum Gasteiger partial charge on any atom is -0.338 e. The molecule has 1 saturated heterocycles. The Morgan fingerprint density at radius 2 is 2.00 bits per heavy atom. The van der Waals surface area contributed by atoms with Crippen molar-refractivity contribution in [2.45, 2.75) is 26.8 Å². The summed E-state index contributed by atoms with van der Waals surface area (Å²) < 4.78 is 5.31. The van der Waals surface area contributed by atoms with Gasteiger partial charge in [0.25, 0.3) is 5.91 Å². The number of aromatic nitrogens is 2. The molecule has 1 atom stereocenters. The van der Waals surface area contributed by atoms with Gasteiger partial charge in [0.05, 0.1) is 0 Å². The van der Waals surface area contributed by atoms with E-state index in [0.29, 0.717) is 35.4 Å². The lowest BCUT2D eigenvalue weighted by Gasteiger charge is -2.37. The summed E-state index contributed by atoms with van der Waals surface area (Å²) in [5.74, 6) is 1.17. The molecule has 2 aromatic rings. The van der Waals surface area contributed by atoms with Crippen LogP contribution >= 0.6 is 11.6 Å². The zero-order chi connectivity index (χ0) is 17.4. The third-order valence-electron chi connectivity index (χ3n) is 4.50. The van der Waals surface area contributed by atoms with Crippen LogP contribution in [0.15, 0.2) is 16.7 Å². The molecule has 128 valence electrons. The van der Waals surface area contributed by atoms with E-state index in [0.717, 1.165) is 17.7 Å². The smallest absolute Gasteiger partial charge is 0.254 e. The van der Waals surface area contributed by atoms with Gasteiger partial charge >= 0.3 is 0 Å². The maximum atomic E-state index is 13.0. The minimum atomic E-state index is -0.0856. The van der Waals surface area contributed by atoms with Gasteiger partial charge in [-0.3, -0.25) is 9.69 Å². The number of aryl methyl sites for hydroxylation is 3. The van der Waals surface area contributed by atoms with Gasteiger partial charge in [0.15, 0.2) is 5.82 Å². The van der Waals surface area contributed by atoms with E-state index >= 15 is 0 Å². The summed E-state index contributed by atoms with van der Waals surface area (Å²) in [6, 6.07) is 3.63. The van der Waals surface area contributed by atoms with Crippen molar-refractivity contribution >= 4 is 17.5 Å². The molecule has 1 aromatic carbocycles. The molecular formula is C17H21ClN4O2. The van der Waals surface area contributed by atoms with Crippen molar-refractivity contribution in [1.29, 1.82) is 0 Å². The lowest BCUT2D eigenvalue weighted by atomic mass is 10.0. The summed E-state index contributed by atoms with van der Waals surface area (Å²) in [6.45, 7) is 7.56. The summed E-state index contributed by atoms with van der Waals surface area (Å²) in [5, 5.41) is 4.54. The summed E-state index contributed by atoms with van der Waals surface area (Å²) >= 11 is 6.14. The Balaban J connectivity index is 1.84. The van der Waals surface area contributed by atoms with Crippen LogP contribution in [-0.4, -0.2) is 52.5 Å². The van der Waals surface area contributed by atoms with Crippen LogP contribution in [0.1, 0.15) is 39.2 Å². The largest absolute Gasteiger partial charge is 0.338 e. The predicted molar refractivity (Wildman–Crippen MR) is 91.2 cm³/mol. The van der Waals surface area contributed by atoms with Gasteiger partial charge in [0.1, 0.15) is 6.04 Å². The van der Waals surface area contributed by atoms with Gasteiger partial charge in [-0.25, -0.2) is 0 Å². The van der Waals surface area contributed by atoms with Gasteiger partial charge in [0.2, 0.25) is 5.89 Å². The molecule has 1 aromatic heterocycles. The van der Waals surface area contributed by atoms with Crippen LogP contribution in [0.5, 0.6) is 0 Å². The first-order valence-electron chi connectivity index (χ1n) is 7.93. The predicted octanol–water partition coefficient (Wildman–Crippen LogP) is 2.78. The maximum Gasteiger partial charge on any atom is 0.254 e. The van der Waals surface area contributed by atoms with Crippen LogP contribution in [0.4, 0.5) is 0 Å². The van der Waals surface area contributed by atoms with E-state index in [1.807, 2.05) is 37.9 Å². The molecule has 3 rings (SSSR count).